The van der Waals surface area contributed by atoms with Gasteiger partial charge in [-0.1, -0.05) is 29.8 Å². The first kappa shape index (κ1) is 15.3. The fourth-order valence-electron chi connectivity index (χ4n) is 2.60. The van der Waals surface area contributed by atoms with E-state index < -0.39 is 11.0 Å². The number of para-hydroxylation sites is 1. The number of nitro groups is 1. The predicted molar refractivity (Wildman–Crippen MR) is 88.9 cm³/mol. The average Bonchev–Trinajstić information content (AvgIpc) is 2.91. The number of nitrogens with one attached hydrogen (secondary N) is 1. The molecule has 7 heteroatoms. The van der Waals surface area contributed by atoms with Gasteiger partial charge in [0, 0.05) is 24.4 Å². The number of anilines is 2. The van der Waals surface area contributed by atoms with E-state index in [1.165, 1.54) is 18.2 Å². The monoisotopic (exact) mass is 331 g/mol. The zero-order chi connectivity index (χ0) is 16.4. The van der Waals surface area contributed by atoms with Crippen LogP contribution < -0.4 is 10.2 Å². The smallest absolute Gasteiger partial charge is 0.271 e. The minimum Gasteiger partial charge on any atom is -0.372 e. The molecule has 118 valence electrons. The van der Waals surface area contributed by atoms with Gasteiger partial charge in [-0.15, -0.1) is 0 Å². The summed E-state index contributed by atoms with van der Waals surface area (Å²) in [6.07, 6.45) is 0.640. The molecular weight excluding hydrogens is 318 g/mol. The van der Waals surface area contributed by atoms with Gasteiger partial charge in [-0.3, -0.25) is 14.9 Å². The second kappa shape index (κ2) is 6.26. The Morgan fingerprint density at radius 2 is 1.96 bits per heavy atom. The largest absolute Gasteiger partial charge is 0.372 e. The van der Waals surface area contributed by atoms with E-state index in [1.54, 1.807) is 4.90 Å². The highest BCUT2D eigenvalue weighted by molar-refractivity contribution is 6.33. The summed E-state index contributed by atoms with van der Waals surface area (Å²) in [5.74, 6) is -0.0365. The second-order valence-electron chi connectivity index (χ2n) is 5.23. The third-order valence-corrected chi connectivity index (χ3v) is 4.08. The van der Waals surface area contributed by atoms with Crippen molar-refractivity contribution in [2.24, 2.45) is 0 Å². The van der Waals surface area contributed by atoms with Crippen LogP contribution in [0.1, 0.15) is 6.42 Å². The van der Waals surface area contributed by atoms with Gasteiger partial charge in [0.1, 0.15) is 6.04 Å². The number of amides is 1. The summed E-state index contributed by atoms with van der Waals surface area (Å²) < 4.78 is 0. The Morgan fingerprint density at radius 1 is 1.22 bits per heavy atom. The highest BCUT2D eigenvalue weighted by Gasteiger charge is 2.32. The number of rotatable bonds is 4. The van der Waals surface area contributed by atoms with E-state index in [0.29, 0.717) is 18.7 Å². The van der Waals surface area contributed by atoms with Crippen LogP contribution in [0.4, 0.5) is 17.1 Å². The number of nitro benzene ring substituents is 1. The van der Waals surface area contributed by atoms with Crippen LogP contribution in [-0.4, -0.2) is 23.4 Å². The SMILES string of the molecule is O=C1C(Nc2ccc([N+](=O)[O-])cc2Cl)CCN1c1ccccc1. The summed E-state index contributed by atoms with van der Waals surface area (Å²) >= 11 is 6.06. The molecule has 1 aliphatic heterocycles. The van der Waals surface area contributed by atoms with Gasteiger partial charge in [0.2, 0.25) is 5.91 Å². The lowest BCUT2D eigenvalue weighted by Crippen LogP contribution is -2.33. The number of carbonyl (C=O) groups is 1. The zero-order valence-corrected chi connectivity index (χ0v) is 12.9. The van der Waals surface area contributed by atoms with Gasteiger partial charge in [-0.25, -0.2) is 0 Å². The second-order valence-corrected chi connectivity index (χ2v) is 5.64. The summed E-state index contributed by atoms with van der Waals surface area (Å²) in [4.78, 5) is 24.4. The summed E-state index contributed by atoms with van der Waals surface area (Å²) in [5, 5.41) is 14.0. The lowest BCUT2D eigenvalue weighted by molar-refractivity contribution is -0.384. The molecule has 1 aliphatic rings. The Labute approximate surface area is 137 Å². The van der Waals surface area contributed by atoms with E-state index in [-0.39, 0.29) is 16.6 Å². The van der Waals surface area contributed by atoms with Gasteiger partial charge in [-0.2, -0.15) is 0 Å². The molecule has 1 fully saturated rings. The van der Waals surface area contributed by atoms with Crippen molar-refractivity contribution in [3.8, 4) is 0 Å². The van der Waals surface area contributed by atoms with Crippen molar-refractivity contribution in [2.75, 3.05) is 16.8 Å². The van der Waals surface area contributed by atoms with Crippen LogP contribution in [0, 0.1) is 10.1 Å². The quantitative estimate of drug-likeness (QED) is 0.687. The molecule has 0 aliphatic carbocycles. The number of halogens is 1. The third kappa shape index (κ3) is 3.12. The molecule has 0 spiro atoms. The zero-order valence-electron chi connectivity index (χ0n) is 12.1. The fraction of sp³-hybridized carbons (Fsp3) is 0.188. The molecule has 1 unspecified atom stereocenters. The summed E-state index contributed by atoms with van der Waals surface area (Å²) in [6.45, 7) is 0.616. The lowest BCUT2D eigenvalue weighted by atomic mass is 10.2. The Bertz CT molecular complexity index is 751. The average molecular weight is 332 g/mol. The normalized spacial score (nSPS) is 17.3. The molecule has 0 saturated carbocycles. The molecule has 3 rings (SSSR count). The Balaban J connectivity index is 1.75. The van der Waals surface area contributed by atoms with Gasteiger partial charge in [0.05, 0.1) is 15.6 Å². The van der Waals surface area contributed by atoms with E-state index in [1.807, 2.05) is 30.3 Å². The topological polar surface area (TPSA) is 75.5 Å². The molecule has 0 aromatic heterocycles. The Morgan fingerprint density at radius 3 is 2.61 bits per heavy atom. The highest BCUT2D eigenvalue weighted by atomic mass is 35.5. The summed E-state index contributed by atoms with van der Waals surface area (Å²) in [5.41, 5.74) is 1.30. The molecule has 6 nitrogen and oxygen atoms in total. The molecule has 1 heterocycles. The van der Waals surface area contributed by atoms with Crippen molar-refractivity contribution in [3.63, 3.8) is 0 Å². The Hall–Kier alpha value is -2.60. The molecule has 23 heavy (non-hydrogen) atoms. The van der Waals surface area contributed by atoms with Crippen molar-refractivity contribution in [2.45, 2.75) is 12.5 Å². The maximum absolute atomic E-state index is 12.5. The third-order valence-electron chi connectivity index (χ3n) is 3.77. The first-order valence-corrected chi connectivity index (χ1v) is 7.51. The standard InChI is InChI=1S/C16H14ClN3O3/c17-13-10-12(20(22)23)6-7-14(13)18-15-8-9-19(16(15)21)11-4-2-1-3-5-11/h1-7,10,15,18H,8-9H2. The first-order chi connectivity index (χ1) is 11.1. The number of hydrogen-bond donors (Lipinski definition) is 1. The molecule has 2 aromatic rings. The van der Waals surface area contributed by atoms with Gasteiger partial charge in [-0.05, 0) is 24.6 Å². The lowest BCUT2D eigenvalue weighted by Gasteiger charge is -2.18. The molecule has 1 saturated heterocycles. The summed E-state index contributed by atoms with van der Waals surface area (Å²) in [7, 11) is 0. The molecule has 1 atom stereocenters. The van der Waals surface area contributed by atoms with Crippen LogP contribution in [0.5, 0.6) is 0 Å². The Kier molecular flexibility index (Phi) is 4.16. The maximum Gasteiger partial charge on any atom is 0.271 e. The maximum atomic E-state index is 12.5. The number of carbonyl (C=O) groups excluding carboxylic acids is 1. The molecule has 0 bridgehead atoms. The van der Waals surface area contributed by atoms with Crippen LogP contribution in [0.15, 0.2) is 48.5 Å². The van der Waals surface area contributed by atoms with Crippen LogP contribution in [0.25, 0.3) is 0 Å². The fourth-order valence-corrected chi connectivity index (χ4v) is 2.83. The molecule has 1 N–H and O–H groups in total. The van der Waals surface area contributed by atoms with Crippen LogP contribution >= 0.6 is 11.6 Å². The molecule has 2 aromatic carbocycles. The van der Waals surface area contributed by atoms with Crippen molar-refractivity contribution < 1.29 is 9.72 Å². The van der Waals surface area contributed by atoms with E-state index in [9.17, 15) is 14.9 Å². The van der Waals surface area contributed by atoms with Gasteiger partial charge in [0.25, 0.3) is 5.69 Å². The van der Waals surface area contributed by atoms with Gasteiger partial charge >= 0.3 is 0 Å². The van der Waals surface area contributed by atoms with Crippen molar-refractivity contribution in [1.82, 2.24) is 0 Å². The first-order valence-electron chi connectivity index (χ1n) is 7.13. The van der Waals surface area contributed by atoms with Crippen LogP contribution in [0.2, 0.25) is 5.02 Å². The van der Waals surface area contributed by atoms with Crippen molar-refractivity contribution in [1.29, 1.82) is 0 Å². The molecule has 1 amide bonds. The predicted octanol–water partition coefficient (Wildman–Crippen LogP) is 3.47. The van der Waals surface area contributed by atoms with Gasteiger partial charge < -0.3 is 10.2 Å². The van der Waals surface area contributed by atoms with Crippen molar-refractivity contribution in [3.05, 3.63) is 63.7 Å². The number of hydrogen-bond acceptors (Lipinski definition) is 4. The molecular formula is C16H14ClN3O3. The van der Waals surface area contributed by atoms with Crippen LogP contribution in [-0.2, 0) is 4.79 Å². The van der Waals surface area contributed by atoms with E-state index in [2.05, 4.69) is 5.32 Å². The van der Waals surface area contributed by atoms with E-state index in [0.717, 1.165) is 5.69 Å². The van der Waals surface area contributed by atoms with Gasteiger partial charge in [0.15, 0.2) is 0 Å². The highest BCUT2D eigenvalue weighted by Crippen LogP contribution is 2.29. The molecule has 0 radical (unpaired) electrons. The van der Waals surface area contributed by atoms with E-state index >= 15 is 0 Å². The number of nitrogens with zero attached hydrogens (tertiary/aromatic N) is 2. The summed E-state index contributed by atoms with van der Waals surface area (Å²) in [6, 6.07) is 13.2. The number of benzene rings is 2. The minimum atomic E-state index is -0.506. The minimum absolute atomic E-state index is 0.0365. The van der Waals surface area contributed by atoms with Crippen LogP contribution in [0.3, 0.4) is 0 Å². The van der Waals surface area contributed by atoms with E-state index in [4.69, 9.17) is 11.6 Å². The number of non-ortho nitro benzene ring substituents is 1. The van der Waals surface area contributed by atoms with Crippen molar-refractivity contribution >= 4 is 34.6 Å².